The Morgan fingerprint density at radius 2 is 1.95 bits per heavy atom. The van der Waals surface area contributed by atoms with Crippen LogP contribution in [0, 0.1) is 0 Å². The lowest BCUT2D eigenvalue weighted by Crippen LogP contribution is -2.38. The number of benzene rings is 1. The molecule has 2 aromatic rings. The maximum Gasteiger partial charge on any atom is 0.227 e. The van der Waals surface area contributed by atoms with E-state index in [4.69, 9.17) is 11.6 Å². The molecular formula is C17H18ClNOS. The van der Waals surface area contributed by atoms with E-state index < -0.39 is 0 Å². The van der Waals surface area contributed by atoms with Gasteiger partial charge in [0.05, 0.1) is 6.42 Å². The van der Waals surface area contributed by atoms with Gasteiger partial charge in [-0.1, -0.05) is 35.9 Å². The van der Waals surface area contributed by atoms with Crippen LogP contribution in [0.5, 0.6) is 0 Å². The molecular weight excluding hydrogens is 302 g/mol. The number of halogens is 1. The van der Waals surface area contributed by atoms with E-state index in [1.807, 2.05) is 40.5 Å². The Morgan fingerprint density at radius 1 is 1.19 bits per heavy atom. The van der Waals surface area contributed by atoms with Crippen molar-refractivity contribution in [1.82, 2.24) is 4.90 Å². The predicted molar refractivity (Wildman–Crippen MR) is 88.0 cm³/mol. The molecule has 0 N–H and O–H groups in total. The standard InChI is InChI=1S/C17H18ClNOS/c18-15-5-2-1-4-14(15)12-17(20)19-9-7-13(8-10-19)16-6-3-11-21-16/h1-6,11,13H,7-10,12H2. The normalized spacial score (nSPS) is 16.1. The molecule has 1 aromatic heterocycles. The molecule has 0 atom stereocenters. The summed E-state index contributed by atoms with van der Waals surface area (Å²) in [7, 11) is 0. The molecule has 4 heteroatoms. The number of hydrogen-bond acceptors (Lipinski definition) is 2. The number of hydrogen-bond donors (Lipinski definition) is 0. The summed E-state index contributed by atoms with van der Waals surface area (Å²) in [6.45, 7) is 1.71. The molecule has 1 fully saturated rings. The van der Waals surface area contributed by atoms with Crippen LogP contribution in [0.1, 0.15) is 29.2 Å². The van der Waals surface area contributed by atoms with Crippen LogP contribution >= 0.6 is 22.9 Å². The molecule has 0 saturated carbocycles. The summed E-state index contributed by atoms with van der Waals surface area (Å²) in [5.74, 6) is 0.807. The van der Waals surface area contributed by atoms with Crippen LogP contribution in [-0.4, -0.2) is 23.9 Å². The highest BCUT2D eigenvalue weighted by molar-refractivity contribution is 7.10. The van der Waals surface area contributed by atoms with Gasteiger partial charge >= 0.3 is 0 Å². The average Bonchev–Trinajstić information content (AvgIpc) is 3.04. The molecule has 1 aliphatic rings. The fourth-order valence-corrected chi connectivity index (χ4v) is 3.96. The molecule has 2 heterocycles. The molecule has 110 valence electrons. The molecule has 1 aromatic carbocycles. The highest BCUT2D eigenvalue weighted by Crippen LogP contribution is 2.31. The average molecular weight is 320 g/mol. The Balaban J connectivity index is 1.57. The summed E-state index contributed by atoms with van der Waals surface area (Å²) in [6, 6.07) is 11.9. The number of piperidine rings is 1. The molecule has 1 amide bonds. The molecule has 0 bridgehead atoms. The summed E-state index contributed by atoms with van der Waals surface area (Å²) in [6.07, 6.45) is 2.53. The van der Waals surface area contributed by atoms with E-state index in [1.54, 1.807) is 0 Å². The highest BCUT2D eigenvalue weighted by Gasteiger charge is 2.24. The zero-order chi connectivity index (χ0) is 14.7. The highest BCUT2D eigenvalue weighted by atomic mass is 35.5. The fraction of sp³-hybridized carbons (Fsp3) is 0.353. The zero-order valence-corrected chi connectivity index (χ0v) is 13.4. The van der Waals surface area contributed by atoms with Gasteiger partial charge in [-0.05, 0) is 41.8 Å². The Hall–Kier alpha value is -1.32. The van der Waals surface area contributed by atoms with Gasteiger partial charge in [-0.2, -0.15) is 0 Å². The monoisotopic (exact) mass is 319 g/mol. The van der Waals surface area contributed by atoms with Crippen LogP contribution in [0.3, 0.4) is 0 Å². The number of nitrogens with zero attached hydrogens (tertiary/aromatic N) is 1. The van der Waals surface area contributed by atoms with Gasteiger partial charge < -0.3 is 4.90 Å². The summed E-state index contributed by atoms with van der Waals surface area (Å²) < 4.78 is 0. The zero-order valence-electron chi connectivity index (χ0n) is 11.8. The maximum absolute atomic E-state index is 12.4. The lowest BCUT2D eigenvalue weighted by Gasteiger charge is -2.31. The van der Waals surface area contributed by atoms with Gasteiger partial charge in [0.15, 0.2) is 0 Å². The van der Waals surface area contributed by atoms with Crippen molar-refractivity contribution in [2.75, 3.05) is 13.1 Å². The fourth-order valence-electron chi connectivity index (χ4n) is 2.85. The van der Waals surface area contributed by atoms with Crippen LogP contribution in [0.2, 0.25) is 5.02 Å². The van der Waals surface area contributed by atoms with Crippen LogP contribution in [0.4, 0.5) is 0 Å². The van der Waals surface area contributed by atoms with E-state index in [2.05, 4.69) is 17.5 Å². The molecule has 2 nitrogen and oxygen atoms in total. The first-order valence-electron chi connectivity index (χ1n) is 7.28. The molecule has 0 aliphatic carbocycles. The molecule has 3 rings (SSSR count). The Bertz CT molecular complexity index is 603. The Labute approximate surface area is 134 Å². The molecule has 0 radical (unpaired) electrons. The van der Waals surface area contributed by atoms with Gasteiger partial charge in [-0.3, -0.25) is 4.79 Å². The number of likely N-dealkylation sites (tertiary alicyclic amines) is 1. The second-order valence-electron chi connectivity index (χ2n) is 5.44. The minimum atomic E-state index is 0.188. The van der Waals surface area contributed by atoms with Gasteiger partial charge in [0.2, 0.25) is 5.91 Å². The molecule has 21 heavy (non-hydrogen) atoms. The van der Waals surface area contributed by atoms with Crippen molar-refractivity contribution in [3.05, 3.63) is 57.2 Å². The quantitative estimate of drug-likeness (QED) is 0.823. The first-order valence-corrected chi connectivity index (χ1v) is 8.54. The van der Waals surface area contributed by atoms with Crippen LogP contribution in [-0.2, 0) is 11.2 Å². The summed E-state index contributed by atoms with van der Waals surface area (Å²) >= 11 is 7.95. The summed E-state index contributed by atoms with van der Waals surface area (Å²) in [4.78, 5) is 15.8. The van der Waals surface area contributed by atoms with Gasteiger partial charge in [0.25, 0.3) is 0 Å². The van der Waals surface area contributed by atoms with Crippen molar-refractivity contribution in [2.24, 2.45) is 0 Å². The minimum absolute atomic E-state index is 0.188. The number of amides is 1. The minimum Gasteiger partial charge on any atom is -0.342 e. The SMILES string of the molecule is O=C(Cc1ccccc1Cl)N1CCC(c2cccs2)CC1. The summed E-state index contributed by atoms with van der Waals surface area (Å²) in [5.41, 5.74) is 0.921. The van der Waals surface area contributed by atoms with Crippen LogP contribution in [0.15, 0.2) is 41.8 Å². The maximum atomic E-state index is 12.4. The largest absolute Gasteiger partial charge is 0.342 e. The predicted octanol–water partition coefficient (Wildman–Crippen LogP) is 4.35. The number of rotatable bonds is 3. The third-order valence-corrected chi connectivity index (χ3v) is 5.50. The van der Waals surface area contributed by atoms with Gasteiger partial charge in [-0.25, -0.2) is 0 Å². The first kappa shape index (κ1) is 14.6. The second-order valence-corrected chi connectivity index (χ2v) is 6.83. The lowest BCUT2D eigenvalue weighted by molar-refractivity contribution is -0.131. The van der Waals surface area contributed by atoms with Crippen molar-refractivity contribution >= 4 is 28.8 Å². The van der Waals surface area contributed by atoms with E-state index in [1.165, 1.54) is 4.88 Å². The van der Waals surface area contributed by atoms with Crippen molar-refractivity contribution in [2.45, 2.75) is 25.2 Å². The molecule has 0 spiro atoms. The Morgan fingerprint density at radius 3 is 2.62 bits per heavy atom. The lowest BCUT2D eigenvalue weighted by atomic mass is 9.95. The van der Waals surface area contributed by atoms with E-state index in [0.29, 0.717) is 17.4 Å². The first-order chi connectivity index (χ1) is 10.2. The number of carbonyl (C=O) groups is 1. The third-order valence-electron chi connectivity index (χ3n) is 4.09. The van der Waals surface area contributed by atoms with Crippen LogP contribution in [0.25, 0.3) is 0 Å². The smallest absolute Gasteiger partial charge is 0.227 e. The van der Waals surface area contributed by atoms with Gasteiger partial charge in [-0.15, -0.1) is 11.3 Å². The third kappa shape index (κ3) is 3.47. The van der Waals surface area contributed by atoms with E-state index in [9.17, 15) is 4.79 Å². The second kappa shape index (κ2) is 6.63. The Kier molecular flexibility index (Phi) is 4.61. The van der Waals surface area contributed by atoms with Crippen molar-refractivity contribution < 1.29 is 4.79 Å². The van der Waals surface area contributed by atoms with Crippen molar-refractivity contribution in [3.8, 4) is 0 Å². The van der Waals surface area contributed by atoms with Crippen molar-refractivity contribution in [3.63, 3.8) is 0 Å². The van der Waals surface area contributed by atoms with Crippen molar-refractivity contribution in [1.29, 1.82) is 0 Å². The van der Waals surface area contributed by atoms with Crippen LogP contribution < -0.4 is 0 Å². The number of thiophene rings is 1. The van der Waals surface area contributed by atoms with E-state index >= 15 is 0 Å². The molecule has 1 saturated heterocycles. The van der Waals surface area contributed by atoms with E-state index in [0.717, 1.165) is 31.5 Å². The molecule has 0 unspecified atom stereocenters. The van der Waals surface area contributed by atoms with E-state index in [-0.39, 0.29) is 5.91 Å². The van der Waals surface area contributed by atoms with Gasteiger partial charge in [0, 0.05) is 23.0 Å². The van der Waals surface area contributed by atoms with Gasteiger partial charge in [0.1, 0.15) is 0 Å². The summed E-state index contributed by atoms with van der Waals surface area (Å²) in [5, 5.41) is 2.81. The molecule has 1 aliphatic heterocycles. The topological polar surface area (TPSA) is 20.3 Å². The number of carbonyl (C=O) groups excluding carboxylic acids is 1.